The summed E-state index contributed by atoms with van der Waals surface area (Å²) in [5.74, 6) is 0.0435. The highest BCUT2D eigenvalue weighted by molar-refractivity contribution is 14.1. The summed E-state index contributed by atoms with van der Waals surface area (Å²) in [6.07, 6.45) is 0.282. The lowest BCUT2D eigenvalue weighted by Gasteiger charge is -2.11. The summed E-state index contributed by atoms with van der Waals surface area (Å²) < 4.78 is 7.70. The lowest BCUT2D eigenvalue weighted by atomic mass is 10.1. The first-order chi connectivity index (χ1) is 13.5. The van der Waals surface area contributed by atoms with Gasteiger partial charge in [-0.05, 0) is 76.7 Å². The van der Waals surface area contributed by atoms with E-state index in [1.165, 1.54) is 0 Å². The largest absolute Gasteiger partial charge is 0.485 e. The molecule has 3 aromatic carbocycles. The van der Waals surface area contributed by atoms with Gasteiger partial charge in [0.05, 0.1) is 5.56 Å². The van der Waals surface area contributed by atoms with Gasteiger partial charge in [0, 0.05) is 20.2 Å². The van der Waals surface area contributed by atoms with Gasteiger partial charge >= 0.3 is 0 Å². The molecule has 28 heavy (non-hydrogen) atoms. The van der Waals surface area contributed by atoms with Crippen LogP contribution in [0.3, 0.4) is 0 Å². The molecule has 142 valence electrons. The normalized spacial score (nSPS) is 10.4. The van der Waals surface area contributed by atoms with E-state index in [1.54, 1.807) is 24.3 Å². The molecule has 0 aliphatic heterocycles. The van der Waals surface area contributed by atoms with Crippen LogP contribution in [-0.4, -0.2) is 18.3 Å². The Morgan fingerprint density at radius 2 is 1.61 bits per heavy atom. The van der Waals surface area contributed by atoms with Crippen molar-refractivity contribution in [3.8, 4) is 5.75 Å². The fraction of sp³-hybridized carbons (Fsp3) is 0.0909. The summed E-state index contributed by atoms with van der Waals surface area (Å²) in [5, 5.41) is 2.85. The fourth-order valence-electron chi connectivity index (χ4n) is 2.55. The molecule has 3 rings (SSSR count). The zero-order valence-corrected chi connectivity index (χ0v) is 18.6. The number of amides is 1. The Balaban J connectivity index is 1.63. The second-order valence-corrected chi connectivity index (χ2v) is 8.25. The van der Waals surface area contributed by atoms with Crippen molar-refractivity contribution >= 4 is 55.9 Å². The summed E-state index contributed by atoms with van der Waals surface area (Å²) in [5.41, 5.74) is 2.01. The standard InChI is InChI=1S/C22H17BrINO3/c23-16-7-5-15(6-8-16)13-19(26)14-28-21-4-2-1-3-20(21)22(27)25-18-11-9-17(24)10-12-18/h1-12H,13-14H2,(H,25,27). The third-order valence-corrected chi connectivity index (χ3v) is 5.18. The second kappa shape index (κ2) is 9.84. The molecular formula is C22H17BrINO3. The predicted molar refractivity (Wildman–Crippen MR) is 122 cm³/mol. The smallest absolute Gasteiger partial charge is 0.259 e. The van der Waals surface area contributed by atoms with Crippen molar-refractivity contribution in [2.24, 2.45) is 0 Å². The first-order valence-corrected chi connectivity index (χ1v) is 10.4. The molecule has 0 aromatic heterocycles. The molecule has 4 nitrogen and oxygen atoms in total. The molecule has 0 atom stereocenters. The van der Waals surface area contributed by atoms with Gasteiger partial charge in [0.1, 0.15) is 12.4 Å². The van der Waals surface area contributed by atoms with Gasteiger partial charge in [-0.2, -0.15) is 0 Å². The Morgan fingerprint density at radius 3 is 2.32 bits per heavy atom. The molecule has 6 heteroatoms. The van der Waals surface area contributed by atoms with Crippen molar-refractivity contribution in [2.45, 2.75) is 6.42 Å². The molecule has 3 aromatic rings. The molecule has 1 N–H and O–H groups in total. The van der Waals surface area contributed by atoms with E-state index in [4.69, 9.17) is 4.74 Å². The van der Waals surface area contributed by atoms with Crippen molar-refractivity contribution in [2.75, 3.05) is 11.9 Å². The first-order valence-electron chi connectivity index (χ1n) is 8.56. The molecule has 0 heterocycles. The average Bonchev–Trinajstić information content (AvgIpc) is 2.70. The maximum Gasteiger partial charge on any atom is 0.259 e. The number of para-hydroxylation sites is 1. The van der Waals surface area contributed by atoms with Crippen molar-refractivity contribution in [1.82, 2.24) is 0 Å². The van der Waals surface area contributed by atoms with E-state index >= 15 is 0 Å². The zero-order valence-electron chi connectivity index (χ0n) is 14.8. The first kappa shape index (κ1) is 20.5. The molecule has 0 unspecified atom stereocenters. The van der Waals surface area contributed by atoms with Crippen molar-refractivity contribution in [3.05, 3.63) is 92.0 Å². The van der Waals surface area contributed by atoms with Crippen molar-refractivity contribution in [1.29, 1.82) is 0 Å². The highest BCUT2D eigenvalue weighted by Gasteiger charge is 2.14. The number of carbonyl (C=O) groups excluding carboxylic acids is 2. The van der Waals surface area contributed by atoms with Crippen LogP contribution in [0.4, 0.5) is 5.69 Å². The number of hydrogen-bond donors (Lipinski definition) is 1. The molecule has 0 saturated heterocycles. The number of Topliss-reactive ketones (excluding diaryl/α,β-unsaturated/α-hetero) is 1. The van der Waals surface area contributed by atoms with Crippen LogP contribution < -0.4 is 10.1 Å². The van der Waals surface area contributed by atoms with E-state index in [2.05, 4.69) is 43.8 Å². The molecule has 1 amide bonds. The minimum absolute atomic E-state index is 0.0600. The number of nitrogens with one attached hydrogen (secondary N) is 1. The summed E-state index contributed by atoms with van der Waals surface area (Å²) in [6.45, 7) is -0.0934. The Kier molecular flexibility index (Phi) is 7.22. The topological polar surface area (TPSA) is 55.4 Å². The van der Waals surface area contributed by atoms with E-state index < -0.39 is 0 Å². The van der Waals surface area contributed by atoms with Crippen LogP contribution in [0.15, 0.2) is 77.3 Å². The fourth-order valence-corrected chi connectivity index (χ4v) is 3.17. The van der Waals surface area contributed by atoms with Crippen LogP contribution >= 0.6 is 38.5 Å². The average molecular weight is 550 g/mol. The SMILES string of the molecule is O=C(COc1ccccc1C(=O)Nc1ccc(I)cc1)Cc1ccc(Br)cc1. The highest BCUT2D eigenvalue weighted by atomic mass is 127. The van der Waals surface area contributed by atoms with E-state index in [0.29, 0.717) is 17.0 Å². The lowest BCUT2D eigenvalue weighted by Crippen LogP contribution is -2.17. The quantitative estimate of drug-likeness (QED) is 0.396. The van der Waals surface area contributed by atoms with Crippen LogP contribution in [0.1, 0.15) is 15.9 Å². The van der Waals surface area contributed by atoms with Gasteiger partial charge in [0.15, 0.2) is 5.78 Å². The Hall–Kier alpha value is -2.19. The molecular weight excluding hydrogens is 533 g/mol. The van der Waals surface area contributed by atoms with Gasteiger partial charge in [-0.25, -0.2) is 0 Å². The van der Waals surface area contributed by atoms with Crippen LogP contribution in [0.2, 0.25) is 0 Å². The molecule has 0 saturated carbocycles. The summed E-state index contributed by atoms with van der Waals surface area (Å²) in [6, 6.07) is 22.0. The maximum atomic E-state index is 12.6. The summed E-state index contributed by atoms with van der Waals surface area (Å²) in [4.78, 5) is 24.8. The van der Waals surface area contributed by atoms with Gasteiger partial charge in [-0.1, -0.05) is 40.2 Å². The number of carbonyl (C=O) groups is 2. The predicted octanol–water partition coefficient (Wildman–Crippen LogP) is 5.50. The van der Waals surface area contributed by atoms with Crippen LogP contribution in [0, 0.1) is 3.57 Å². The van der Waals surface area contributed by atoms with Gasteiger partial charge in [0.2, 0.25) is 0 Å². The Morgan fingerprint density at radius 1 is 0.929 bits per heavy atom. The summed E-state index contributed by atoms with van der Waals surface area (Å²) in [7, 11) is 0. The zero-order chi connectivity index (χ0) is 19.9. The lowest BCUT2D eigenvalue weighted by molar-refractivity contribution is -0.120. The van der Waals surface area contributed by atoms with Gasteiger partial charge in [-0.15, -0.1) is 0 Å². The minimum Gasteiger partial charge on any atom is -0.485 e. The van der Waals surface area contributed by atoms with E-state index in [9.17, 15) is 9.59 Å². The van der Waals surface area contributed by atoms with Crippen LogP contribution in [-0.2, 0) is 11.2 Å². The third-order valence-electron chi connectivity index (χ3n) is 3.94. The molecule has 0 aliphatic rings. The number of hydrogen-bond acceptors (Lipinski definition) is 3. The van der Waals surface area contributed by atoms with Crippen LogP contribution in [0.5, 0.6) is 5.75 Å². The van der Waals surface area contributed by atoms with Crippen LogP contribution in [0.25, 0.3) is 0 Å². The van der Waals surface area contributed by atoms with E-state index in [0.717, 1.165) is 13.6 Å². The number of benzene rings is 3. The minimum atomic E-state index is -0.280. The third kappa shape index (κ3) is 5.90. The number of rotatable bonds is 7. The molecule has 0 radical (unpaired) electrons. The van der Waals surface area contributed by atoms with Crippen molar-refractivity contribution in [3.63, 3.8) is 0 Å². The Bertz CT molecular complexity index is 972. The van der Waals surface area contributed by atoms with E-state index in [-0.39, 0.29) is 24.7 Å². The summed E-state index contributed by atoms with van der Waals surface area (Å²) >= 11 is 5.58. The van der Waals surface area contributed by atoms with E-state index in [1.807, 2.05) is 48.5 Å². The van der Waals surface area contributed by atoms with Gasteiger partial charge in [-0.3, -0.25) is 9.59 Å². The monoisotopic (exact) mass is 549 g/mol. The Labute approximate surface area is 185 Å². The molecule has 0 bridgehead atoms. The number of ketones is 1. The number of anilines is 1. The van der Waals surface area contributed by atoms with Gasteiger partial charge in [0.25, 0.3) is 5.91 Å². The highest BCUT2D eigenvalue weighted by Crippen LogP contribution is 2.20. The van der Waals surface area contributed by atoms with Crippen molar-refractivity contribution < 1.29 is 14.3 Å². The van der Waals surface area contributed by atoms with Gasteiger partial charge < -0.3 is 10.1 Å². The molecule has 0 fully saturated rings. The molecule has 0 aliphatic carbocycles. The number of halogens is 2. The maximum absolute atomic E-state index is 12.6. The number of ether oxygens (including phenoxy) is 1. The molecule has 0 spiro atoms. The second-order valence-electron chi connectivity index (χ2n) is 6.09.